The van der Waals surface area contributed by atoms with Gasteiger partial charge in [0.25, 0.3) is 10.2 Å². The van der Waals surface area contributed by atoms with Crippen molar-refractivity contribution in [2.45, 2.75) is 32.2 Å². The van der Waals surface area contributed by atoms with Gasteiger partial charge in [-0.25, -0.2) is 0 Å². The van der Waals surface area contributed by atoms with Crippen molar-refractivity contribution in [3.05, 3.63) is 33.8 Å². The van der Waals surface area contributed by atoms with Crippen molar-refractivity contribution in [1.82, 2.24) is 13.5 Å². The molecule has 0 spiro atoms. The Balaban J connectivity index is 1.59. The SMILES string of the molecule is O=S(=O)(N1CCCCCC1)N1CCN(Cc2c(Cl)cccc2Cl)CC1. The standard InChI is InChI=1S/C17H25Cl2N3O2S/c18-16-6-5-7-17(19)15(16)14-20-10-12-22(13-11-20)25(23,24)21-8-3-1-2-4-9-21/h5-7H,1-4,8-14H2. The molecule has 3 rings (SSSR count). The van der Waals surface area contributed by atoms with Crippen LogP contribution in [0, 0.1) is 0 Å². The van der Waals surface area contributed by atoms with Gasteiger partial charge in [0, 0.05) is 61.4 Å². The van der Waals surface area contributed by atoms with E-state index in [0.29, 0.717) is 55.9 Å². The monoisotopic (exact) mass is 405 g/mol. The second kappa shape index (κ2) is 8.55. The zero-order valence-corrected chi connectivity index (χ0v) is 16.7. The zero-order chi connectivity index (χ0) is 17.9. The smallest absolute Gasteiger partial charge is 0.282 e. The van der Waals surface area contributed by atoms with E-state index in [9.17, 15) is 8.42 Å². The lowest BCUT2D eigenvalue weighted by atomic mass is 10.2. The molecule has 0 bridgehead atoms. The van der Waals surface area contributed by atoms with Crippen LogP contribution in [0.5, 0.6) is 0 Å². The molecule has 2 saturated heterocycles. The Morgan fingerprint density at radius 2 is 1.32 bits per heavy atom. The van der Waals surface area contributed by atoms with Gasteiger partial charge in [-0.15, -0.1) is 0 Å². The van der Waals surface area contributed by atoms with E-state index in [1.54, 1.807) is 8.61 Å². The third kappa shape index (κ3) is 4.67. The summed E-state index contributed by atoms with van der Waals surface area (Å²) in [7, 11) is -3.33. The lowest BCUT2D eigenvalue weighted by Crippen LogP contribution is -2.52. The van der Waals surface area contributed by atoms with Gasteiger partial charge in [0.1, 0.15) is 0 Å². The van der Waals surface area contributed by atoms with E-state index >= 15 is 0 Å². The van der Waals surface area contributed by atoms with Crippen molar-refractivity contribution in [3.63, 3.8) is 0 Å². The van der Waals surface area contributed by atoms with Gasteiger partial charge in [-0.05, 0) is 25.0 Å². The van der Waals surface area contributed by atoms with Crippen LogP contribution in [-0.2, 0) is 16.8 Å². The van der Waals surface area contributed by atoms with Crippen molar-refractivity contribution in [2.24, 2.45) is 0 Å². The number of rotatable bonds is 4. The Morgan fingerprint density at radius 1 is 0.800 bits per heavy atom. The predicted octanol–water partition coefficient (Wildman–Crippen LogP) is 3.23. The molecule has 2 heterocycles. The molecule has 0 aromatic heterocycles. The van der Waals surface area contributed by atoms with E-state index in [-0.39, 0.29) is 0 Å². The van der Waals surface area contributed by atoms with Crippen molar-refractivity contribution in [2.75, 3.05) is 39.3 Å². The molecular formula is C17H25Cl2N3O2S. The number of hydrogen-bond donors (Lipinski definition) is 0. The van der Waals surface area contributed by atoms with Crippen molar-refractivity contribution in [3.8, 4) is 0 Å². The van der Waals surface area contributed by atoms with Crippen LogP contribution < -0.4 is 0 Å². The van der Waals surface area contributed by atoms with Crippen LogP contribution >= 0.6 is 23.2 Å². The summed E-state index contributed by atoms with van der Waals surface area (Å²) in [5.41, 5.74) is 0.912. The van der Waals surface area contributed by atoms with Crippen molar-refractivity contribution < 1.29 is 8.42 Å². The number of halogens is 2. The van der Waals surface area contributed by atoms with Crippen molar-refractivity contribution >= 4 is 33.4 Å². The number of hydrogen-bond acceptors (Lipinski definition) is 3. The molecule has 0 atom stereocenters. The topological polar surface area (TPSA) is 43.9 Å². The molecule has 0 radical (unpaired) electrons. The summed E-state index contributed by atoms with van der Waals surface area (Å²) in [5, 5.41) is 1.32. The summed E-state index contributed by atoms with van der Waals surface area (Å²) in [6, 6.07) is 5.51. The Hall–Kier alpha value is -0.370. The summed E-state index contributed by atoms with van der Waals surface area (Å²) < 4.78 is 29.0. The zero-order valence-electron chi connectivity index (χ0n) is 14.3. The van der Waals surface area contributed by atoms with Gasteiger partial charge in [-0.1, -0.05) is 42.1 Å². The molecule has 1 aromatic rings. The third-order valence-electron chi connectivity index (χ3n) is 4.99. The fourth-order valence-electron chi connectivity index (χ4n) is 3.46. The lowest BCUT2D eigenvalue weighted by molar-refractivity contribution is 0.175. The Morgan fingerprint density at radius 3 is 1.88 bits per heavy atom. The van der Waals surface area contributed by atoms with Crippen LogP contribution in [0.15, 0.2) is 18.2 Å². The lowest BCUT2D eigenvalue weighted by Gasteiger charge is -2.36. The van der Waals surface area contributed by atoms with Crippen LogP contribution in [0.25, 0.3) is 0 Å². The van der Waals surface area contributed by atoms with Crippen LogP contribution in [0.2, 0.25) is 10.0 Å². The van der Waals surface area contributed by atoms with Crippen LogP contribution in [0.1, 0.15) is 31.2 Å². The average molecular weight is 406 g/mol. The minimum Gasteiger partial charge on any atom is -0.296 e. The van der Waals surface area contributed by atoms with Crippen LogP contribution in [-0.4, -0.2) is 61.2 Å². The van der Waals surface area contributed by atoms with Gasteiger partial charge in [0.2, 0.25) is 0 Å². The first-order valence-corrected chi connectivity index (χ1v) is 11.0. The Kier molecular flexibility index (Phi) is 6.63. The van der Waals surface area contributed by atoms with Gasteiger partial charge in [-0.3, -0.25) is 4.90 Å². The van der Waals surface area contributed by atoms with E-state index in [0.717, 1.165) is 31.2 Å². The third-order valence-corrected chi connectivity index (χ3v) is 7.74. The minimum atomic E-state index is -3.33. The maximum absolute atomic E-state index is 12.9. The minimum absolute atomic E-state index is 0.515. The number of nitrogens with zero attached hydrogens (tertiary/aromatic N) is 3. The quantitative estimate of drug-likeness (QED) is 0.771. The number of benzene rings is 1. The molecule has 2 aliphatic rings. The average Bonchev–Trinajstić information content (AvgIpc) is 2.89. The fraction of sp³-hybridized carbons (Fsp3) is 0.647. The van der Waals surface area contributed by atoms with Gasteiger partial charge in [0.05, 0.1) is 0 Å². The molecule has 5 nitrogen and oxygen atoms in total. The van der Waals surface area contributed by atoms with Crippen LogP contribution in [0.4, 0.5) is 0 Å². The molecule has 140 valence electrons. The Bertz CT molecular complexity index is 663. The van der Waals surface area contributed by atoms with Crippen molar-refractivity contribution in [1.29, 1.82) is 0 Å². The molecule has 0 amide bonds. The molecule has 2 aliphatic heterocycles. The highest BCUT2D eigenvalue weighted by atomic mass is 35.5. The fourth-order valence-corrected chi connectivity index (χ4v) is 5.65. The molecular weight excluding hydrogens is 381 g/mol. The molecule has 0 aliphatic carbocycles. The second-order valence-electron chi connectivity index (χ2n) is 6.70. The number of piperazine rings is 1. The highest BCUT2D eigenvalue weighted by Gasteiger charge is 2.32. The Labute approximate surface area is 160 Å². The molecule has 25 heavy (non-hydrogen) atoms. The van der Waals surface area contributed by atoms with E-state index in [4.69, 9.17) is 23.2 Å². The molecule has 0 saturated carbocycles. The first kappa shape index (κ1) is 19.4. The molecule has 0 N–H and O–H groups in total. The predicted molar refractivity (Wildman–Crippen MR) is 102 cm³/mol. The first-order chi connectivity index (χ1) is 12.0. The van der Waals surface area contributed by atoms with Crippen LogP contribution in [0.3, 0.4) is 0 Å². The normalized spacial score (nSPS) is 22.0. The van der Waals surface area contributed by atoms with E-state index in [1.165, 1.54) is 0 Å². The van der Waals surface area contributed by atoms with E-state index in [2.05, 4.69) is 4.90 Å². The van der Waals surface area contributed by atoms with E-state index in [1.807, 2.05) is 18.2 Å². The van der Waals surface area contributed by atoms with Gasteiger partial charge in [-0.2, -0.15) is 17.0 Å². The highest BCUT2D eigenvalue weighted by molar-refractivity contribution is 7.86. The summed E-state index contributed by atoms with van der Waals surface area (Å²) in [6.07, 6.45) is 4.17. The van der Waals surface area contributed by atoms with Gasteiger partial charge < -0.3 is 0 Å². The van der Waals surface area contributed by atoms with E-state index < -0.39 is 10.2 Å². The summed E-state index contributed by atoms with van der Waals surface area (Å²) in [5.74, 6) is 0. The molecule has 0 unspecified atom stereocenters. The summed E-state index contributed by atoms with van der Waals surface area (Å²) in [4.78, 5) is 2.21. The van der Waals surface area contributed by atoms with Gasteiger partial charge >= 0.3 is 0 Å². The van der Waals surface area contributed by atoms with Gasteiger partial charge in [0.15, 0.2) is 0 Å². The maximum atomic E-state index is 12.9. The highest BCUT2D eigenvalue weighted by Crippen LogP contribution is 2.26. The maximum Gasteiger partial charge on any atom is 0.282 e. The molecule has 2 fully saturated rings. The largest absolute Gasteiger partial charge is 0.296 e. The summed E-state index contributed by atoms with van der Waals surface area (Å²) >= 11 is 12.5. The molecule has 8 heteroatoms. The summed E-state index contributed by atoms with van der Waals surface area (Å²) in [6.45, 7) is 4.36. The second-order valence-corrected chi connectivity index (χ2v) is 9.44. The molecule has 1 aromatic carbocycles. The first-order valence-electron chi connectivity index (χ1n) is 8.89.